The molecule has 0 amide bonds. The lowest BCUT2D eigenvalue weighted by molar-refractivity contribution is -0.234. The van der Waals surface area contributed by atoms with E-state index in [1.54, 1.807) is 6.92 Å². The average Bonchev–Trinajstić information content (AvgIpc) is 3.91. The molecule has 3 heterocycles. The largest absolute Gasteiger partial charge is 0.459 e. The standard InChI is InChI=1S/C37H57NO11SSi/c1-15-17(3)33(5)23-16(2)30-37(38(30)50(45,46)12-13-51(9,10)11)35(7,36(8,44)32(43)49-37)25(23)28(42)24(33)21-22(15)34(6)19(26(40)27(21)41)14-20-29(48-20)31(34)47-18(4)39/h15-17,19-25,27-31,41-42,44H,12-14H2,1-11H3/t15?,16-,17-,19+,20-,21?,22?,23-,24+,25-,27?,28+,29-,30+,31-,33+,34-,35-,36+,37-,38?/m0/s1. The molecule has 3 aliphatic heterocycles. The second kappa shape index (κ2) is 10.2. The second-order valence-electron chi connectivity index (χ2n) is 19.9. The highest BCUT2D eigenvalue weighted by Gasteiger charge is 2.95. The smallest absolute Gasteiger partial charge is 0.340 e. The molecule has 286 valence electrons. The van der Waals surface area contributed by atoms with Gasteiger partial charge in [-0.25, -0.2) is 13.2 Å². The van der Waals surface area contributed by atoms with Crippen LogP contribution in [0.5, 0.6) is 0 Å². The molecule has 3 saturated heterocycles. The maximum absolute atomic E-state index is 14.4. The first-order chi connectivity index (χ1) is 23.3. The van der Waals surface area contributed by atoms with Crippen molar-refractivity contribution in [3.05, 3.63) is 0 Å². The van der Waals surface area contributed by atoms with E-state index in [0.717, 1.165) is 0 Å². The van der Waals surface area contributed by atoms with Crippen molar-refractivity contribution in [3.63, 3.8) is 0 Å². The number of ether oxygens (including phenoxy) is 3. The maximum Gasteiger partial charge on any atom is 0.340 e. The summed E-state index contributed by atoms with van der Waals surface area (Å²) in [4.78, 5) is 40.7. The van der Waals surface area contributed by atoms with Crippen LogP contribution in [0.25, 0.3) is 0 Å². The molecule has 0 bridgehead atoms. The zero-order chi connectivity index (χ0) is 37.7. The molecular weight excluding hydrogens is 695 g/mol. The SMILES string of the molecule is CC(=O)O[C@H]1[C@H]2O[C@H]2C[C@@H]2C(=O)C(O)C3C(C(C)[C@H](C)[C@]4(C)[C@H]5[C@H](C)[C@H]6N(S(=O)(=O)CC[Si](C)(C)C)[C@]67OC(=O)[C@@](C)(O)[C@]7(C)[C@@H]5[C@H](O)[C@@H]34)[C@]21C. The summed E-state index contributed by atoms with van der Waals surface area (Å²) in [5, 5.41) is 37.4. The fourth-order valence-corrected chi connectivity index (χ4v) is 19.5. The number of nitrogens with zero attached hydrogens (tertiary/aromatic N) is 1. The van der Waals surface area contributed by atoms with Gasteiger partial charge in [-0.15, -0.1) is 0 Å². The Morgan fingerprint density at radius 2 is 1.61 bits per heavy atom. The van der Waals surface area contributed by atoms with Crippen LogP contribution in [-0.4, -0.2) is 107 Å². The quantitative estimate of drug-likeness (QED) is 0.213. The Morgan fingerprint density at radius 3 is 2.20 bits per heavy atom. The number of epoxide rings is 1. The topological polar surface area (TPSA) is 180 Å². The van der Waals surface area contributed by atoms with Crippen LogP contribution >= 0.6 is 0 Å². The maximum atomic E-state index is 14.4. The third kappa shape index (κ3) is 3.99. The summed E-state index contributed by atoms with van der Waals surface area (Å²) in [7, 11) is -5.73. The molecule has 51 heavy (non-hydrogen) atoms. The second-order valence-corrected chi connectivity index (χ2v) is 27.5. The van der Waals surface area contributed by atoms with Gasteiger partial charge in [0.05, 0.1) is 29.4 Å². The van der Waals surface area contributed by atoms with Crippen LogP contribution in [0.2, 0.25) is 25.7 Å². The third-order valence-corrected chi connectivity index (χ3v) is 20.9. The Labute approximate surface area is 302 Å². The Hall–Kier alpha value is -1.42. The van der Waals surface area contributed by atoms with E-state index in [9.17, 15) is 38.1 Å². The first-order valence-electron chi connectivity index (χ1n) is 19.0. The van der Waals surface area contributed by atoms with Crippen LogP contribution in [0.1, 0.15) is 61.8 Å². The number of Topliss-reactive ketones (excluding diaryl/α,β-unsaturated/α-hetero) is 1. The lowest BCUT2D eigenvalue weighted by Gasteiger charge is -2.66. The fourth-order valence-electron chi connectivity index (χ4n) is 14.4. The number of hydrogen-bond donors (Lipinski definition) is 3. The predicted octanol–water partition coefficient (Wildman–Crippen LogP) is 2.42. The van der Waals surface area contributed by atoms with Gasteiger partial charge in [0.1, 0.15) is 18.3 Å². The van der Waals surface area contributed by atoms with Crippen LogP contribution in [0.15, 0.2) is 0 Å². The first kappa shape index (κ1) is 36.5. The number of hydrogen-bond acceptors (Lipinski definition) is 11. The molecule has 1 spiro atoms. The van der Waals surface area contributed by atoms with E-state index < -0.39 is 117 Å². The molecule has 0 aromatic rings. The van der Waals surface area contributed by atoms with Gasteiger partial charge < -0.3 is 29.5 Å². The zero-order valence-electron chi connectivity index (χ0n) is 31.7. The van der Waals surface area contributed by atoms with Crippen LogP contribution in [0.4, 0.5) is 0 Å². The number of sulfonamides is 1. The number of carbonyl (C=O) groups is 3. The van der Waals surface area contributed by atoms with Gasteiger partial charge in [-0.1, -0.05) is 61.2 Å². The number of aliphatic hydroxyl groups excluding tert-OH is 2. The molecule has 21 atom stereocenters. The Kier molecular flexibility index (Phi) is 7.34. The van der Waals surface area contributed by atoms with E-state index in [1.807, 2.05) is 13.8 Å². The molecule has 8 fully saturated rings. The van der Waals surface area contributed by atoms with Crippen molar-refractivity contribution in [1.82, 2.24) is 4.31 Å². The van der Waals surface area contributed by atoms with E-state index >= 15 is 0 Å². The summed E-state index contributed by atoms with van der Waals surface area (Å²) >= 11 is 0. The number of carbonyl (C=O) groups excluding carboxylic acids is 3. The molecule has 12 nitrogen and oxygen atoms in total. The molecule has 5 saturated carbocycles. The van der Waals surface area contributed by atoms with E-state index in [1.165, 1.54) is 18.2 Å². The van der Waals surface area contributed by atoms with Gasteiger partial charge in [0.2, 0.25) is 15.7 Å². The molecule has 0 aromatic carbocycles. The number of ketones is 1. The van der Waals surface area contributed by atoms with E-state index in [-0.39, 0.29) is 41.5 Å². The van der Waals surface area contributed by atoms with Crippen molar-refractivity contribution in [3.8, 4) is 0 Å². The minimum atomic E-state index is -3.95. The molecule has 0 radical (unpaired) electrons. The summed E-state index contributed by atoms with van der Waals surface area (Å²) in [5.41, 5.74) is -7.02. The minimum absolute atomic E-state index is 0.0957. The highest BCUT2D eigenvalue weighted by atomic mass is 32.2. The van der Waals surface area contributed by atoms with Crippen molar-refractivity contribution in [2.75, 3.05) is 5.75 Å². The van der Waals surface area contributed by atoms with E-state index in [4.69, 9.17) is 14.2 Å². The van der Waals surface area contributed by atoms with E-state index in [0.29, 0.717) is 12.5 Å². The number of rotatable bonds is 5. The van der Waals surface area contributed by atoms with Gasteiger partial charge in [0.25, 0.3) is 0 Å². The Morgan fingerprint density at radius 1 is 0.980 bits per heavy atom. The zero-order valence-corrected chi connectivity index (χ0v) is 33.6. The summed E-state index contributed by atoms with van der Waals surface area (Å²) in [6, 6.07) is -0.226. The Balaban J connectivity index is 1.28. The highest BCUT2D eigenvalue weighted by Crippen LogP contribution is 2.82. The summed E-state index contributed by atoms with van der Waals surface area (Å²) in [6.45, 7) is 21.1. The number of aliphatic hydroxyl groups is 3. The summed E-state index contributed by atoms with van der Waals surface area (Å²) < 4.78 is 48.1. The fraction of sp³-hybridized carbons (Fsp3) is 0.919. The minimum Gasteiger partial charge on any atom is -0.459 e. The van der Waals surface area contributed by atoms with Crippen LogP contribution in [-0.2, 0) is 38.6 Å². The molecule has 14 heteroatoms. The van der Waals surface area contributed by atoms with E-state index in [2.05, 4.69) is 40.4 Å². The van der Waals surface area contributed by atoms with Gasteiger partial charge >= 0.3 is 11.9 Å². The molecule has 5 aliphatic carbocycles. The lowest BCUT2D eigenvalue weighted by Crippen LogP contribution is -2.70. The molecule has 3 N–H and O–H groups in total. The normalized spacial score (nSPS) is 59.3. The van der Waals surface area contributed by atoms with Crippen molar-refractivity contribution in [2.24, 2.45) is 69.5 Å². The lowest BCUT2D eigenvalue weighted by atomic mass is 9.38. The number of fused-ring (bicyclic) bond motifs is 9. The predicted molar refractivity (Wildman–Crippen MR) is 186 cm³/mol. The van der Waals surface area contributed by atoms with Gasteiger partial charge in [0.15, 0.2) is 11.4 Å². The molecule has 0 aromatic heterocycles. The molecular formula is C37H57NO11SSi. The van der Waals surface area contributed by atoms with Gasteiger partial charge in [-0.3, -0.25) is 9.59 Å². The van der Waals surface area contributed by atoms with Crippen molar-refractivity contribution < 1.29 is 52.3 Å². The summed E-state index contributed by atoms with van der Waals surface area (Å²) in [5.74, 6) is -6.02. The van der Waals surface area contributed by atoms with Crippen LogP contribution < -0.4 is 0 Å². The summed E-state index contributed by atoms with van der Waals surface area (Å²) in [6.07, 6.45) is -3.48. The van der Waals surface area contributed by atoms with Crippen molar-refractivity contribution >= 4 is 35.8 Å². The van der Waals surface area contributed by atoms with Crippen LogP contribution in [0.3, 0.4) is 0 Å². The Bertz CT molecular complexity index is 1710. The molecule has 5 unspecified atom stereocenters. The third-order valence-electron chi connectivity index (χ3n) is 16.9. The van der Waals surface area contributed by atoms with Crippen LogP contribution in [0, 0.1) is 69.5 Å². The first-order valence-corrected chi connectivity index (χ1v) is 24.3. The monoisotopic (exact) mass is 751 g/mol. The van der Waals surface area contributed by atoms with Gasteiger partial charge in [-0.05, 0) is 60.3 Å². The van der Waals surface area contributed by atoms with Crippen molar-refractivity contribution in [1.29, 1.82) is 0 Å². The highest BCUT2D eigenvalue weighted by molar-refractivity contribution is 7.89. The van der Waals surface area contributed by atoms with Crippen molar-refractivity contribution in [2.45, 2.75) is 135 Å². The molecule has 8 aliphatic rings. The number of esters is 2. The van der Waals surface area contributed by atoms with Gasteiger partial charge in [-0.2, -0.15) is 4.31 Å². The average molecular weight is 752 g/mol. The molecule has 8 rings (SSSR count). The van der Waals surface area contributed by atoms with Gasteiger partial charge in [0, 0.05) is 38.2 Å².